The molecular formula is C15H19NO5. The second-order valence-electron chi connectivity index (χ2n) is 4.96. The van der Waals surface area contributed by atoms with E-state index in [9.17, 15) is 9.59 Å². The molecule has 21 heavy (non-hydrogen) atoms. The summed E-state index contributed by atoms with van der Waals surface area (Å²) in [6, 6.07) is 5.60. The van der Waals surface area contributed by atoms with Gasteiger partial charge in [0.25, 0.3) is 0 Å². The smallest absolute Gasteiger partial charge is 0.303 e. The molecule has 1 aromatic carbocycles. The number of aliphatic carboxylic acids is 1. The fourth-order valence-corrected chi connectivity index (χ4v) is 2.31. The van der Waals surface area contributed by atoms with Gasteiger partial charge in [-0.3, -0.25) is 9.59 Å². The van der Waals surface area contributed by atoms with Crippen LogP contribution in [0.25, 0.3) is 0 Å². The van der Waals surface area contributed by atoms with Gasteiger partial charge in [0.1, 0.15) is 0 Å². The predicted molar refractivity (Wildman–Crippen MR) is 75.7 cm³/mol. The molecule has 0 radical (unpaired) electrons. The SMILES string of the molecule is COc1ccc(C2CNC(=O)C2)cc1OCCCC(=O)O. The second kappa shape index (κ2) is 6.97. The van der Waals surface area contributed by atoms with Crippen molar-refractivity contribution in [3.63, 3.8) is 0 Å². The zero-order valence-corrected chi connectivity index (χ0v) is 11.9. The van der Waals surface area contributed by atoms with Crippen LogP contribution in [0.1, 0.15) is 30.7 Å². The standard InChI is InChI=1S/C15H19NO5/c1-20-12-5-4-10(11-8-14(17)16-9-11)7-13(12)21-6-2-3-15(18)19/h4-5,7,11H,2-3,6,8-9H2,1H3,(H,16,17)(H,18,19). The molecule has 0 aromatic heterocycles. The van der Waals surface area contributed by atoms with Gasteiger partial charge >= 0.3 is 5.97 Å². The second-order valence-corrected chi connectivity index (χ2v) is 4.96. The maximum atomic E-state index is 11.3. The van der Waals surface area contributed by atoms with E-state index >= 15 is 0 Å². The third-order valence-corrected chi connectivity index (χ3v) is 3.43. The van der Waals surface area contributed by atoms with Crippen LogP contribution in [0.5, 0.6) is 11.5 Å². The highest BCUT2D eigenvalue weighted by molar-refractivity contribution is 5.79. The Hall–Kier alpha value is -2.24. The van der Waals surface area contributed by atoms with E-state index in [1.54, 1.807) is 7.11 Å². The molecule has 1 atom stereocenters. The van der Waals surface area contributed by atoms with Crippen LogP contribution in [0, 0.1) is 0 Å². The summed E-state index contributed by atoms with van der Waals surface area (Å²) >= 11 is 0. The van der Waals surface area contributed by atoms with Crippen molar-refractivity contribution in [1.82, 2.24) is 5.32 Å². The highest BCUT2D eigenvalue weighted by Gasteiger charge is 2.23. The largest absolute Gasteiger partial charge is 0.493 e. The third kappa shape index (κ3) is 4.11. The zero-order chi connectivity index (χ0) is 15.2. The van der Waals surface area contributed by atoms with Crippen LogP contribution < -0.4 is 14.8 Å². The molecule has 1 fully saturated rings. The average Bonchev–Trinajstić information content (AvgIpc) is 2.90. The summed E-state index contributed by atoms with van der Waals surface area (Å²) in [5, 5.41) is 11.4. The molecule has 0 saturated carbocycles. The third-order valence-electron chi connectivity index (χ3n) is 3.43. The normalized spacial score (nSPS) is 17.4. The van der Waals surface area contributed by atoms with E-state index in [4.69, 9.17) is 14.6 Å². The summed E-state index contributed by atoms with van der Waals surface area (Å²) < 4.78 is 10.9. The molecule has 1 aliphatic rings. The predicted octanol–water partition coefficient (Wildman–Crippen LogP) is 1.54. The molecule has 1 aliphatic heterocycles. The van der Waals surface area contributed by atoms with Crippen LogP contribution in [0.3, 0.4) is 0 Å². The van der Waals surface area contributed by atoms with Crippen LogP contribution >= 0.6 is 0 Å². The first-order valence-corrected chi connectivity index (χ1v) is 6.89. The van der Waals surface area contributed by atoms with Gasteiger partial charge in [-0.2, -0.15) is 0 Å². The van der Waals surface area contributed by atoms with Gasteiger partial charge in [0, 0.05) is 25.3 Å². The Kier molecular flexibility index (Phi) is 5.03. The van der Waals surface area contributed by atoms with Gasteiger partial charge in [-0.15, -0.1) is 0 Å². The van der Waals surface area contributed by atoms with Crippen molar-refractivity contribution < 1.29 is 24.2 Å². The maximum Gasteiger partial charge on any atom is 0.303 e. The molecule has 114 valence electrons. The number of hydrogen-bond acceptors (Lipinski definition) is 4. The first kappa shape index (κ1) is 15.2. The number of carboxylic acids is 1. The maximum absolute atomic E-state index is 11.3. The van der Waals surface area contributed by atoms with Crippen molar-refractivity contribution in [2.75, 3.05) is 20.3 Å². The Morgan fingerprint density at radius 3 is 2.86 bits per heavy atom. The van der Waals surface area contributed by atoms with Gasteiger partial charge in [-0.25, -0.2) is 0 Å². The molecule has 2 N–H and O–H groups in total. The van der Waals surface area contributed by atoms with Gasteiger partial charge in [0.05, 0.1) is 13.7 Å². The molecule has 6 heteroatoms. The van der Waals surface area contributed by atoms with E-state index in [0.717, 1.165) is 5.56 Å². The minimum absolute atomic E-state index is 0.0553. The van der Waals surface area contributed by atoms with E-state index in [2.05, 4.69) is 5.32 Å². The minimum atomic E-state index is -0.838. The van der Waals surface area contributed by atoms with Gasteiger partial charge in [-0.1, -0.05) is 6.07 Å². The summed E-state index contributed by atoms with van der Waals surface area (Å²) in [5.41, 5.74) is 1.02. The molecule has 0 spiro atoms. The fourth-order valence-electron chi connectivity index (χ4n) is 2.31. The van der Waals surface area contributed by atoms with Crippen molar-refractivity contribution in [2.24, 2.45) is 0 Å². The number of ether oxygens (including phenoxy) is 2. The minimum Gasteiger partial charge on any atom is -0.493 e. The zero-order valence-electron chi connectivity index (χ0n) is 11.9. The molecule has 1 saturated heterocycles. The Bertz CT molecular complexity index is 529. The number of carboxylic acid groups (broad SMARTS) is 1. The van der Waals surface area contributed by atoms with Crippen LogP contribution in [0.15, 0.2) is 18.2 Å². The number of carbonyl (C=O) groups is 2. The summed E-state index contributed by atoms with van der Waals surface area (Å²) in [6.07, 6.45) is 0.986. The van der Waals surface area contributed by atoms with Gasteiger partial charge < -0.3 is 19.9 Å². The lowest BCUT2D eigenvalue weighted by molar-refractivity contribution is -0.137. The van der Waals surface area contributed by atoms with Crippen LogP contribution in [0.2, 0.25) is 0 Å². The summed E-state index contributed by atoms with van der Waals surface area (Å²) in [6.45, 7) is 0.942. The molecule has 1 heterocycles. The van der Waals surface area contributed by atoms with Gasteiger partial charge in [0.15, 0.2) is 11.5 Å². The highest BCUT2D eigenvalue weighted by Crippen LogP contribution is 2.33. The van der Waals surface area contributed by atoms with Crippen molar-refractivity contribution in [1.29, 1.82) is 0 Å². The van der Waals surface area contributed by atoms with E-state index in [1.807, 2.05) is 18.2 Å². The lowest BCUT2D eigenvalue weighted by Gasteiger charge is -2.14. The molecule has 0 bridgehead atoms. The topological polar surface area (TPSA) is 84.9 Å². The number of benzene rings is 1. The first-order chi connectivity index (χ1) is 10.1. The van der Waals surface area contributed by atoms with E-state index in [-0.39, 0.29) is 18.2 Å². The number of rotatable bonds is 7. The van der Waals surface area contributed by atoms with E-state index in [0.29, 0.717) is 37.5 Å². The van der Waals surface area contributed by atoms with Crippen molar-refractivity contribution in [2.45, 2.75) is 25.2 Å². The molecular weight excluding hydrogens is 274 g/mol. The average molecular weight is 293 g/mol. The highest BCUT2D eigenvalue weighted by atomic mass is 16.5. The Morgan fingerprint density at radius 2 is 2.24 bits per heavy atom. The van der Waals surface area contributed by atoms with E-state index < -0.39 is 5.97 Å². The van der Waals surface area contributed by atoms with Crippen molar-refractivity contribution in [3.05, 3.63) is 23.8 Å². The van der Waals surface area contributed by atoms with Gasteiger partial charge in [0.2, 0.25) is 5.91 Å². The Balaban J connectivity index is 2.03. The van der Waals surface area contributed by atoms with Crippen molar-refractivity contribution >= 4 is 11.9 Å². The number of amides is 1. The number of carbonyl (C=O) groups excluding carboxylic acids is 1. The summed E-state index contributed by atoms with van der Waals surface area (Å²) in [7, 11) is 1.56. The molecule has 1 aromatic rings. The number of methoxy groups -OCH3 is 1. The Morgan fingerprint density at radius 1 is 1.43 bits per heavy atom. The summed E-state index contributed by atoms with van der Waals surface area (Å²) in [5.74, 6) is 0.547. The van der Waals surface area contributed by atoms with Gasteiger partial charge in [-0.05, 0) is 24.1 Å². The number of hydrogen-bond donors (Lipinski definition) is 2. The van der Waals surface area contributed by atoms with Crippen LogP contribution in [-0.4, -0.2) is 37.2 Å². The molecule has 1 amide bonds. The summed E-state index contributed by atoms with van der Waals surface area (Å²) in [4.78, 5) is 21.8. The number of nitrogens with one attached hydrogen (secondary N) is 1. The molecule has 6 nitrogen and oxygen atoms in total. The fraction of sp³-hybridized carbons (Fsp3) is 0.467. The lowest BCUT2D eigenvalue weighted by atomic mass is 9.98. The molecule has 1 unspecified atom stereocenters. The van der Waals surface area contributed by atoms with Crippen LogP contribution in [-0.2, 0) is 9.59 Å². The molecule has 0 aliphatic carbocycles. The van der Waals surface area contributed by atoms with Crippen molar-refractivity contribution in [3.8, 4) is 11.5 Å². The Labute approximate surface area is 123 Å². The first-order valence-electron chi connectivity index (χ1n) is 6.89. The van der Waals surface area contributed by atoms with Crippen LogP contribution in [0.4, 0.5) is 0 Å². The van der Waals surface area contributed by atoms with E-state index in [1.165, 1.54) is 0 Å². The quantitative estimate of drug-likeness (QED) is 0.745. The molecule has 2 rings (SSSR count). The lowest BCUT2D eigenvalue weighted by Crippen LogP contribution is -2.13. The monoisotopic (exact) mass is 293 g/mol.